The van der Waals surface area contributed by atoms with Crippen LogP contribution in [0.2, 0.25) is 0 Å². The van der Waals surface area contributed by atoms with Crippen LogP contribution < -0.4 is 5.32 Å². The normalized spacial score (nSPS) is 29.2. The Hall–Kier alpha value is -5.33. The number of rotatable bonds is 9. The first kappa shape index (κ1) is 39.9. The van der Waals surface area contributed by atoms with E-state index in [9.17, 15) is 39.9 Å². The third-order valence-corrected chi connectivity index (χ3v) is 11.6. The number of carbonyl (C=O) groups is 5. The molecule has 1 aliphatic heterocycles. The topological polar surface area (TPSA) is 245 Å². The van der Waals surface area contributed by atoms with Gasteiger partial charge in [0.1, 0.15) is 35.5 Å². The maximum absolute atomic E-state index is 15.1. The second-order valence-electron chi connectivity index (χ2n) is 14.5. The minimum Gasteiger partial charge on any atom is -0.507 e. The van der Waals surface area contributed by atoms with Gasteiger partial charge in [-0.2, -0.15) is 0 Å². The number of hydrogen-bond donors (Lipinski definition) is 6. The van der Waals surface area contributed by atoms with E-state index < -0.39 is 134 Å². The summed E-state index contributed by atoms with van der Waals surface area (Å²) in [7, 11) is 3.45. The number of allylic oxidation sites excluding steroid dienone is 2. The number of fused-ring (bicyclic) bond motifs is 5. The number of benzene rings is 3. The zero-order valence-electron chi connectivity index (χ0n) is 31.5. The number of carbonyl (C=O) groups excluding carboxylic acids is 5. The maximum Gasteiger partial charge on any atom is 0.341 e. The maximum atomic E-state index is 15.1. The van der Waals surface area contributed by atoms with Crippen LogP contribution in [0.1, 0.15) is 81.0 Å². The highest BCUT2D eigenvalue weighted by molar-refractivity contribution is 6.31. The zero-order chi connectivity index (χ0) is 41.3. The van der Waals surface area contributed by atoms with Gasteiger partial charge in [-0.25, -0.2) is 4.79 Å². The highest BCUT2D eigenvalue weighted by atomic mass is 16.6. The summed E-state index contributed by atoms with van der Waals surface area (Å²) in [6, 6.07) is 11.1. The Labute approximate surface area is 325 Å². The van der Waals surface area contributed by atoms with Crippen LogP contribution in [0.25, 0.3) is 0 Å². The van der Waals surface area contributed by atoms with Crippen LogP contribution in [0.15, 0.2) is 54.2 Å². The van der Waals surface area contributed by atoms with E-state index in [2.05, 4.69) is 5.32 Å². The van der Waals surface area contributed by atoms with E-state index in [0.29, 0.717) is 5.56 Å². The van der Waals surface area contributed by atoms with Crippen LogP contribution in [0.3, 0.4) is 0 Å². The molecular weight excluding hydrogens is 746 g/mol. The van der Waals surface area contributed by atoms with Crippen LogP contribution in [-0.4, -0.2) is 119 Å². The fourth-order valence-corrected chi connectivity index (χ4v) is 8.82. The minimum atomic E-state index is -3.17. The third-order valence-electron chi connectivity index (χ3n) is 11.6. The van der Waals surface area contributed by atoms with E-state index in [4.69, 9.17) is 23.7 Å². The van der Waals surface area contributed by atoms with Crippen LogP contribution in [0.5, 0.6) is 11.5 Å². The molecule has 0 spiro atoms. The van der Waals surface area contributed by atoms with Crippen LogP contribution in [0, 0.1) is 12.8 Å². The number of nitrogens with one attached hydrogen (secondary N) is 1. The van der Waals surface area contributed by atoms with Gasteiger partial charge in [0.25, 0.3) is 0 Å². The molecular formula is C41H41NO15. The first-order chi connectivity index (χ1) is 27.1. The molecule has 3 aromatic rings. The van der Waals surface area contributed by atoms with Gasteiger partial charge < -0.3 is 54.5 Å². The summed E-state index contributed by atoms with van der Waals surface area (Å²) in [5.74, 6) is -8.40. The summed E-state index contributed by atoms with van der Waals surface area (Å²) >= 11 is 0. The molecule has 1 heterocycles. The molecule has 0 aromatic heterocycles. The molecule has 0 amide bonds. The number of esters is 1. The lowest BCUT2D eigenvalue weighted by molar-refractivity contribution is -0.214. The Morgan fingerprint density at radius 1 is 0.982 bits per heavy atom. The molecule has 16 nitrogen and oxygen atoms in total. The van der Waals surface area contributed by atoms with Crippen molar-refractivity contribution < 1.29 is 73.2 Å². The van der Waals surface area contributed by atoms with Crippen molar-refractivity contribution in [3.63, 3.8) is 0 Å². The number of ketones is 4. The molecule has 0 radical (unpaired) electrons. The van der Waals surface area contributed by atoms with Gasteiger partial charge in [-0.3, -0.25) is 19.2 Å². The average molecular weight is 788 g/mol. The van der Waals surface area contributed by atoms with Crippen LogP contribution >= 0.6 is 0 Å². The predicted octanol–water partition coefficient (Wildman–Crippen LogP) is 1.57. The molecule has 7 rings (SSSR count). The van der Waals surface area contributed by atoms with Crippen LogP contribution in [-0.2, 0) is 42.3 Å². The number of aryl methyl sites for hydroxylation is 1. The Bertz CT molecular complexity index is 2250. The summed E-state index contributed by atoms with van der Waals surface area (Å²) in [5, 5.41) is 60.3. The van der Waals surface area contributed by atoms with Crippen molar-refractivity contribution in [3.05, 3.63) is 104 Å². The lowest BCUT2D eigenvalue weighted by Crippen LogP contribution is -2.73. The van der Waals surface area contributed by atoms with Gasteiger partial charge in [-0.15, -0.1) is 0 Å². The standard InChI is InChI=1S/C41H41NO15/c1-17-11-20-12-26(56-16-19-9-7-6-8-10-19)41(55-5)37(50)29-22(36(49)40(41,52)30(20)34(48)27(17)39(51)54-4)13-21-28(33(29)47)25(44)14-24(31(21)45)42-38-23(15-43)32(46)35(53-3)18(2)57-38/h6-11,13-14,18,23,26,32,35,38,42-43,46-48,52H,12,15-16H2,1-5H3/t18-,23+,26+,32-,35-,38?,40-,41+/m0/s1. The summed E-state index contributed by atoms with van der Waals surface area (Å²) in [6.07, 6.45) is -4.90. The van der Waals surface area contributed by atoms with Gasteiger partial charge >= 0.3 is 5.97 Å². The highest BCUT2D eigenvalue weighted by Gasteiger charge is 2.73. The van der Waals surface area contributed by atoms with E-state index in [1.807, 2.05) is 0 Å². The Kier molecular flexibility index (Phi) is 10.2. The lowest BCUT2D eigenvalue weighted by atomic mass is 9.56. The lowest BCUT2D eigenvalue weighted by Gasteiger charge is -2.54. The molecule has 1 saturated heterocycles. The number of Topliss-reactive ketones (excluding diaryl/α,β-unsaturated/α-hetero) is 3. The van der Waals surface area contributed by atoms with E-state index in [0.717, 1.165) is 26.4 Å². The Morgan fingerprint density at radius 2 is 1.68 bits per heavy atom. The number of aliphatic hydroxyl groups is 3. The van der Waals surface area contributed by atoms with Crippen molar-refractivity contribution in [2.24, 2.45) is 5.92 Å². The summed E-state index contributed by atoms with van der Waals surface area (Å²) in [4.78, 5) is 71.1. The monoisotopic (exact) mass is 787 g/mol. The highest BCUT2D eigenvalue weighted by Crippen LogP contribution is 2.57. The van der Waals surface area contributed by atoms with Crippen molar-refractivity contribution >= 4 is 29.1 Å². The van der Waals surface area contributed by atoms with Gasteiger partial charge in [0, 0.05) is 43.4 Å². The molecule has 3 aliphatic carbocycles. The van der Waals surface area contributed by atoms with Gasteiger partial charge in [-0.05, 0) is 36.6 Å². The zero-order valence-corrected chi connectivity index (χ0v) is 31.5. The van der Waals surface area contributed by atoms with E-state index >= 15 is 9.59 Å². The average Bonchev–Trinajstić information content (AvgIpc) is 3.18. The summed E-state index contributed by atoms with van der Waals surface area (Å²) < 4.78 is 28.2. The molecule has 0 saturated carbocycles. The summed E-state index contributed by atoms with van der Waals surface area (Å²) in [5.41, 5.74) is -8.87. The largest absolute Gasteiger partial charge is 0.507 e. The van der Waals surface area contributed by atoms with Crippen molar-refractivity contribution in [3.8, 4) is 11.5 Å². The van der Waals surface area contributed by atoms with E-state index in [1.54, 1.807) is 37.3 Å². The molecule has 3 aromatic carbocycles. The Morgan fingerprint density at radius 3 is 2.32 bits per heavy atom. The molecule has 6 N–H and O–H groups in total. The molecule has 8 atom stereocenters. The first-order valence-electron chi connectivity index (χ1n) is 18.0. The molecule has 1 unspecified atom stereocenters. The fraction of sp³-hybridized carbons (Fsp3) is 0.390. The van der Waals surface area contributed by atoms with Gasteiger partial charge in [0.15, 0.2) is 17.0 Å². The molecule has 16 heteroatoms. The molecule has 4 aliphatic rings. The number of ether oxygens (including phenoxy) is 5. The quantitative estimate of drug-likeness (QED) is 0.169. The minimum absolute atomic E-state index is 0.122. The van der Waals surface area contributed by atoms with Gasteiger partial charge in [0.2, 0.25) is 17.3 Å². The van der Waals surface area contributed by atoms with Crippen LogP contribution in [0.4, 0.5) is 0 Å². The fourth-order valence-electron chi connectivity index (χ4n) is 8.82. The smallest absolute Gasteiger partial charge is 0.341 e. The molecule has 1 fully saturated rings. The number of methoxy groups -OCH3 is 3. The first-order valence-corrected chi connectivity index (χ1v) is 18.0. The van der Waals surface area contributed by atoms with E-state index in [-0.39, 0.29) is 24.2 Å². The Balaban J connectivity index is 1.40. The SMILES string of the molecule is COC(=O)c1c(C)cc2c(c1O)[C@]1(O)C(=O)c3cc4c(c(O)c3C(=O)[C@]1(OC)[C@H](OCc1ccccc1)C2)C(=O)C=C(NC1O[C@@H](C)[C@H](OC)[C@@H](O)[C@H]1CO)C4=O. The second-order valence-corrected chi connectivity index (χ2v) is 14.5. The number of phenols is 2. The van der Waals surface area contributed by atoms with E-state index in [1.165, 1.54) is 20.1 Å². The molecule has 0 bridgehead atoms. The molecule has 57 heavy (non-hydrogen) atoms. The van der Waals surface area contributed by atoms with Crippen molar-refractivity contribution in [1.82, 2.24) is 5.32 Å². The second kappa shape index (κ2) is 14.6. The number of hydrogen-bond acceptors (Lipinski definition) is 16. The third kappa shape index (κ3) is 5.66. The van der Waals surface area contributed by atoms with Crippen molar-refractivity contribution in [1.29, 1.82) is 0 Å². The number of aliphatic hydroxyl groups excluding tert-OH is 2. The van der Waals surface area contributed by atoms with Crippen molar-refractivity contribution in [2.45, 2.75) is 68.7 Å². The van der Waals surface area contributed by atoms with Crippen molar-refractivity contribution in [2.75, 3.05) is 27.9 Å². The summed E-state index contributed by atoms with van der Waals surface area (Å²) in [6.45, 7) is 2.35. The molecule has 300 valence electrons. The number of phenolic OH excluding ortho intramolecular Hbond substituents is 2. The van der Waals surface area contributed by atoms with Gasteiger partial charge in [-0.1, -0.05) is 36.4 Å². The predicted molar refractivity (Wildman–Crippen MR) is 195 cm³/mol. The van der Waals surface area contributed by atoms with Gasteiger partial charge in [0.05, 0.1) is 55.3 Å². The number of aromatic hydroxyl groups is 2.